The molecule has 0 aromatic carbocycles. The highest BCUT2D eigenvalue weighted by atomic mass is 16.5. The summed E-state index contributed by atoms with van der Waals surface area (Å²) < 4.78 is 5.48. The smallest absolute Gasteiger partial charge is 0.305 e. The van der Waals surface area contributed by atoms with Gasteiger partial charge in [0.25, 0.3) is 0 Å². The molecule has 2 unspecified atom stereocenters. The number of unbranched alkanes of at least 4 members (excludes halogenated alkanes) is 49. The third kappa shape index (κ3) is 61.4. The Hall–Kier alpha value is -1.66. The summed E-state index contributed by atoms with van der Waals surface area (Å²) in [5, 5.41) is 23.4. The maximum atomic E-state index is 12.5. The Bertz CT molecular complexity index is 1170. The topological polar surface area (TPSA) is 95.9 Å². The number of rotatable bonds is 64. The van der Waals surface area contributed by atoms with Gasteiger partial charge in [0.15, 0.2) is 0 Å². The number of hydrogen-bond acceptors (Lipinski definition) is 5. The lowest BCUT2D eigenvalue weighted by molar-refractivity contribution is -0.143. The number of allylic oxidation sites excluding steroid dienone is 4. The highest BCUT2D eigenvalue weighted by Crippen LogP contribution is 2.19. The molecule has 0 heterocycles. The van der Waals surface area contributed by atoms with Gasteiger partial charge in [-0.2, -0.15) is 0 Å². The van der Waals surface area contributed by atoms with Crippen molar-refractivity contribution in [1.82, 2.24) is 5.32 Å². The van der Waals surface area contributed by atoms with Gasteiger partial charge in [-0.25, -0.2) is 0 Å². The Balaban J connectivity index is 3.37. The van der Waals surface area contributed by atoms with E-state index in [-0.39, 0.29) is 18.5 Å². The molecule has 0 aromatic heterocycles. The van der Waals surface area contributed by atoms with Crippen molar-refractivity contribution >= 4 is 11.9 Å². The van der Waals surface area contributed by atoms with Crippen LogP contribution in [-0.2, 0) is 14.3 Å². The fraction of sp³-hybridized carbons (Fsp3) is 0.913. The highest BCUT2D eigenvalue weighted by molar-refractivity contribution is 5.76. The van der Waals surface area contributed by atoms with Crippen LogP contribution in [0.5, 0.6) is 0 Å². The summed E-state index contributed by atoms with van der Waals surface area (Å²) in [5.74, 6) is -0.0280. The second kappa shape index (κ2) is 64.9. The van der Waals surface area contributed by atoms with Crippen LogP contribution >= 0.6 is 0 Å². The molecule has 75 heavy (non-hydrogen) atoms. The Morgan fingerprint density at radius 2 is 0.667 bits per heavy atom. The van der Waals surface area contributed by atoms with Crippen LogP contribution in [0.4, 0.5) is 0 Å². The van der Waals surface area contributed by atoms with Gasteiger partial charge in [0.05, 0.1) is 25.4 Å². The normalized spacial score (nSPS) is 12.6. The van der Waals surface area contributed by atoms with Gasteiger partial charge >= 0.3 is 5.97 Å². The first kappa shape index (κ1) is 73.3. The third-order valence-electron chi connectivity index (χ3n) is 16.0. The van der Waals surface area contributed by atoms with Gasteiger partial charge in [-0.1, -0.05) is 334 Å². The number of aliphatic hydroxyl groups is 2. The van der Waals surface area contributed by atoms with E-state index in [1.54, 1.807) is 0 Å². The molecular formula is C69H133NO5. The molecule has 0 rings (SSSR count). The van der Waals surface area contributed by atoms with Crippen molar-refractivity contribution in [3.05, 3.63) is 24.3 Å². The number of amides is 1. The summed E-state index contributed by atoms with van der Waals surface area (Å²) in [6.45, 7) is 4.95. The molecule has 1 amide bonds. The molecule has 0 aromatic rings. The van der Waals surface area contributed by atoms with Gasteiger partial charge in [0.1, 0.15) is 0 Å². The van der Waals surface area contributed by atoms with Gasteiger partial charge in [0.2, 0.25) is 5.91 Å². The largest absolute Gasteiger partial charge is 0.466 e. The third-order valence-corrected chi connectivity index (χ3v) is 16.0. The number of ether oxygens (including phenoxy) is 1. The van der Waals surface area contributed by atoms with Crippen molar-refractivity contribution in [3.63, 3.8) is 0 Å². The van der Waals surface area contributed by atoms with Crippen LogP contribution in [-0.4, -0.2) is 47.4 Å². The van der Waals surface area contributed by atoms with Crippen molar-refractivity contribution < 1.29 is 24.5 Å². The maximum absolute atomic E-state index is 12.5. The second-order valence-corrected chi connectivity index (χ2v) is 23.5. The van der Waals surface area contributed by atoms with Crippen LogP contribution in [0.25, 0.3) is 0 Å². The van der Waals surface area contributed by atoms with Crippen molar-refractivity contribution in [2.24, 2.45) is 0 Å². The molecule has 0 aliphatic carbocycles. The van der Waals surface area contributed by atoms with E-state index in [9.17, 15) is 19.8 Å². The van der Waals surface area contributed by atoms with Crippen LogP contribution in [0.3, 0.4) is 0 Å². The number of aliphatic hydroxyl groups excluding tert-OH is 2. The minimum atomic E-state index is -0.664. The number of esters is 1. The van der Waals surface area contributed by atoms with Gasteiger partial charge < -0.3 is 20.3 Å². The predicted molar refractivity (Wildman–Crippen MR) is 329 cm³/mol. The first-order valence-corrected chi connectivity index (χ1v) is 34.1. The summed E-state index contributed by atoms with van der Waals surface area (Å²) in [7, 11) is 0. The van der Waals surface area contributed by atoms with Crippen LogP contribution in [0.2, 0.25) is 0 Å². The zero-order chi connectivity index (χ0) is 54.3. The zero-order valence-corrected chi connectivity index (χ0v) is 50.8. The number of carbonyl (C=O) groups is 2. The zero-order valence-electron chi connectivity index (χ0n) is 50.8. The Morgan fingerprint density at radius 1 is 0.373 bits per heavy atom. The van der Waals surface area contributed by atoms with E-state index in [1.807, 2.05) is 0 Å². The number of nitrogens with one attached hydrogen (secondary N) is 1. The summed E-state index contributed by atoms with van der Waals surface area (Å²) in [4.78, 5) is 24.6. The average Bonchev–Trinajstić information content (AvgIpc) is 3.41. The second-order valence-electron chi connectivity index (χ2n) is 23.5. The molecule has 0 radical (unpaired) electrons. The Morgan fingerprint density at radius 3 is 1.04 bits per heavy atom. The molecule has 6 heteroatoms. The first-order chi connectivity index (χ1) is 37.0. The minimum absolute atomic E-state index is 0.00217. The summed E-state index contributed by atoms with van der Waals surface area (Å²) in [5.41, 5.74) is 0. The lowest BCUT2D eigenvalue weighted by Crippen LogP contribution is -2.45. The first-order valence-electron chi connectivity index (χ1n) is 34.1. The number of carbonyl (C=O) groups excluding carboxylic acids is 2. The van der Waals surface area contributed by atoms with E-state index >= 15 is 0 Å². The van der Waals surface area contributed by atoms with Gasteiger partial charge in [0, 0.05) is 12.8 Å². The summed E-state index contributed by atoms with van der Waals surface area (Å²) in [6, 6.07) is -0.541. The highest BCUT2D eigenvalue weighted by Gasteiger charge is 2.20. The summed E-state index contributed by atoms with van der Waals surface area (Å²) >= 11 is 0. The van der Waals surface area contributed by atoms with Crippen molar-refractivity contribution in [2.75, 3.05) is 13.2 Å². The van der Waals surface area contributed by atoms with E-state index in [0.29, 0.717) is 25.9 Å². The fourth-order valence-electron chi connectivity index (χ4n) is 10.8. The molecule has 0 saturated carbocycles. The Kier molecular flexibility index (Phi) is 63.4. The molecule has 0 spiro atoms. The molecule has 0 fully saturated rings. The average molecular weight is 1060 g/mol. The minimum Gasteiger partial charge on any atom is -0.466 e. The molecule has 444 valence electrons. The van der Waals surface area contributed by atoms with Gasteiger partial charge in [-0.3, -0.25) is 9.59 Å². The van der Waals surface area contributed by atoms with Crippen molar-refractivity contribution in [3.8, 4) is 0 Å². The van der Waals surface area contributed by atoms with Crippen LogP contribution in [0, 0.1) is 0 Å². The van der Waals surface area contributed by atoms with Crippen molar-refractivity contribution in [2.45, 2.75) is 392 Å². The predicted octanol–water partition coefficient (Wildman–Crippen LogP) is 21.8. The fourth-order valence-corrected chi connectivity index (χ4v) is 10.8. The number of hydrogen-bond donors (Lipinski definition) is 3. The maximum Gasteiger partial charge on any atom is 0.305 e. The van der Waals surface area contributed by atoms with Gasteiger partial charge in [-0.05, 0) is 57.8 Å². The standard InChI is InChI=1S/C69H133NO5/c1-3-5-7-9-11-13-15-17-19-20-27-30-34-37-41-45-49-53-57-61-67(72)66(65-71)70-68(73)62-58-54-50-46-42-38-35-31-28-25-23-21-22-24-26-29-32-36-40-44-48-52-56-60-64-75-69(74)63-59-55-51-47-43-39-33-18-16-14-12-10-8-6-4-2/h12,14,18,33,66-67,71-72H,3-11,13,15-17,19-32,34-65H2,1-2H3,(H,70,73)/b14-12-,33-18-. The van der Waals surface area contributed by atoms with Gasteiger partial charge in [-0.15, -0.1) is 0 Å². The van der Waals surface area contributed by atoms with E-state index in [4.69, 9.17) is 4.74 Å². The molecule has 3 N–H and O–H groups in total. The lowest BCUT2D eigenvalue weighted by atomic mass is 10.0. The van der Waals surface area contributed by atoms with E-state index < -0.39 is 12.1 Å². The van der Waals surface area contributed by atoms with E-state index in [0.717, 1.165) is 51.4 Å². The molecule has 0 aliphatic heterocycles. The van der Waals surface area contributed by atoms with Crippen LogP contribution in [0.1, 0.15) is 380 Å². The van der Waals surface area contributed by atoms with Crippen LogP contribution in [0.15, 0.2) is 24.3 Å². The molecular weight excluding hydrogens is 923 g/mol. The van der Waals surface area contributed by atoms with Crippen molar-refractivity contribution in [1.29, 1.82) is 0 Å². The van der Waals surface area contributed by atoms with E-state index in [2.05, 4.69) is 43.5 Å². The molecule has 0 bridgehead atoms. The monoisotopic (exact) mass is 1060 g/mol. The quantitative estimate of drug-likeness (QED) is 0.0320. The SMILES string of the molecule is CCCCC/C=C\C/C=C\CCCCCCCC(=O)OCCCCCCCCCCCCCCCCCCCCCCCCCCC(=O)NC(CO)C(O)CCCCCCCCCCCCCCCCCCCCC. The molecule has 2 atom stereocenters. The molecule has 6 nitrogen and oxygen atoms in total. The van der Waals surface area contributed by atoms with E-state index in [1.165, 1.54) is 295 Å². The lowest BCUT2D eigenvalue weighted by Gasteiger charge is -2.22. The molecule has 0 saturated heterocycles. The summed E-state index contributed by atoms with van der Waals surface area (Å²) in [6.07, 6.45) is 80.6. The molecule has 0 aliphatic rings. The van der Waals surface area contributed by atoms with Crippen LogP contribution < -0.4 is 5.32 Å². The Labute approximate surface area is 469 Å².